The third-order valence-corrected chi connectivity index (χ3v) is 3.67. The number of hydrogen-bond donors (Lipinski definition) is 0. The van der Waals surface area contributed by atoms with Crippen molar-refractivity contribution in [3.8, 4) is 0 Å². The molecule has 0 atom stereocenters. The molecule has 0 aliphatic heterocycles. The molecule has 137 valence electrons. The summed E-state index contributed by atoms with van der Waals surface area (Å²) in [6, 6.07) is 0. The summed E-state index contributed by atoms with van der Waals surface area (Å²) < 4.78 is 0. The Bertz CT molecular complexity index is 67.5. The molecule has 8 heteroatoms. The van der Waals surface area contributed by atoms with Crippen LogP contribution in [0.2, 0.25) is 0 Å². The van der Waals surface area contributed by atoms with Crippen molar-refractivity contribution < 1.29 is 69.7 Å². The Hall–Kier alpha value is 2.86. The van der Waals surface area contributed by atoms with Crippen molar-refractivity contribution in [2.24, 2.45) is 0 Å². The van der Waals surface area contributed by atoms with Gasteiger partial charge in [0, 0.05) is 20.1 Å². The standard InChI is InChI=1S/3C4H10S.4ClH.Ir/c3*1-3-5-4-2;;;;;/h3*3-4H2,1-2H3;4*1H;/p-4. The zero-order valence-corrected chi connectivity index (χ0v) is 21.2. The van der Waals surface area contributed by atoms with Crippen LogP contribution in [0.25, 0.3) is 0 Å². The van der Waals surface area contributed by atoms with Crippen molar-refractivity contribution >= 4 is 35.3 Å². The predicted molar refractivity (Wildman–Crippen MR) is 86.0 cm³/mol. The zero-order valence-electron chi connectivity index (χ0n) is 13.3. The monoisotopic (exact) mass is 603 g/mol. The quantitative estimate of drug-likeness (QED) is 0.296. The van der Waals surface area contributed by atoms with E-state index in [0.717, 1.165) is 0 Å². The van der Waals surface area contributed by atoms with E-state index in [1.165, 1.54) is 34.5 Å². The van der Waals surface area contributed by atoms with Gasteiger partial charge in [-0.2, -0.15) is 35.3 Å². The molecule has 0 aliphatic rings. The van der Waals surface area contributed by atoms with Crippen molar-refractivity contribution in [2.75, 3.05) is 34.5 Å². The minimum atomic E-state index is 0. The van der Waals surface area contributed by atoms with Crippen molar-refractivity contribution in [3.05, 3.63) is 0 Å². The van der Waals surface area contributed by atoms with Gasteiger partial charge in [-0.25, -0.2) is 0 Å². The van der Waals surface area contributed by atoms with Gasteiger partial charge in [0.25, 0.3) is 0 Å². The fourth-order valence-electron chi connectivity index (χ4n) is 0.612. The average molecular weight is 605 g/mol. The van der Waals surface area contributed by atoms with Crippen LogP contribution >= 0.6 is 35.3 Å². The summed E-state index contributed by atoms with van der Waals surface area (Å²) in [6.45, 7) is 13.0. The van der Waals surface area contributed by atoms with Gasteiger partial charge in [0.1, 0.15) is 0 Å². The third-order valence-electron chi connectivity index (χ3n) is 1.22. The van der Waals surface area contributed by atoms with Gasteiger partial charge >= 0.3 is 0 Å². The van der Waals surface area contributed by atoms with Crippen LogP contribution < -0.4 is 49.6 Å². The van der Waals surface area contributed by atoms with E-state index in [0.29, 0.717) is 0 Å². The number of hydrogen-bond acceptors (Lipinski definition) is 3. The second-order valence-corrected chi connectivity index (χ2v) is 7.03. The largest absolute Gasteiger partial charge is 1.00 e. The molecule has 0 aromatic rings. The Morgan fingerprint density at radius 2 is 0.500 bits per heavy atom. The summed E-state index contributed by atoms with van der Waals surface area (Å²) in [5.41, 5.74) is 0. The molecule has 0 saturated heterocycles. The average Bonchev–Trinajstić information content (AvgIpc) is 2.23. The van der Waals surface area contributed by atoms with Crippen LogP contribution in [0.3, 0.4) is 0 Å². The van der Waals surface area contributed by atoms with Crippen LogP contribution in [0.4, 0.5) is 0 Å². The van der Waals surface area contributed by atoms with Crippen molar-refractivity contribution in [3.63, 3.8) is 0 Å². The Labute approximate surface area is 179 Å². The molecule has 0 aliphatic carbocycles. The van der Waals surface area contributed by atoms with Crippen LogP contribution in [-0.4, -0.2) is 34.5 Å². The van der Waals surface area contributed by atoms with E-state index in [1.807, 2.05) is 35.3 Å². The van der Waals surface area contributed by atoms with Crippen LogP contribution in [0.1, 0.15) is 41.5 Å². The van der Waals surface area contributed by atoms with Crippen molar-refractivity contribution in [2.45, 2.75) is 41.5 Å². The van der Waals surface area contributed by atoms with Gasteiger partial charge in [-0.05, 0) is 34.5 Å². The minimum Gasteiger partial charge on any atom is -1.00 e. The summed E-state index contributed by atoms with van der Waals surface area (Å²) in [4.78, 5) is 0. The van der Waals surface area contributed by atoms with Crippen LogP contribution in [-0.2, 0) is 20.1 Å². The Morgan fingerprint density at radius 1 is 0.400 bits per heavy atom. The van der Waals surface area contributed by atoms with E-state index in [9.17, 15) is 0 Å². The van der Waals surface area contributed by atoms with Crippen LogP contribution in [0.15, 0.2) is 0 Å². The normalized spacial score (nSPS) is 6.30. The number of halogens is 4. The summed E-state index contributed by atoms with van der Waals surface area (Å²) in [6.07, 6.45) is 0. The summed E-state index contributed by atoms with van der Waals surface area (Å²) in [5.74, 6) is 7.56. The molecule has 0 nitrogen and oxygen atoms in total. The first kappa shape index (κ1) is 49.5. The molecule has 0 rings (SSSR count). The van der Waals surface area contributed by atoms with E-state index in [4.69, 9.17) is 0 Å². The summed E-state index contributed by atoms with van der Waals surface area (Å²) in [7, 11) is 0. The Morgan fingerprint density at radius 3 is 0.500 bits per heavy atom. The van der Waals surface area contributed by atoms with Gasteiger partial charge < -0.3 is 49.6 Å². The Kier molecular flexibility index (Phi) is 167. The van der Waals surface area contributed by atoms with Crippen molar-refractivity contribution in [1.29, 1.82) is 0 Å². The Balaban J connectivity index is -0.0000000160. The molecule has 0 aromatic carbocycles. The number of rotatable bonds is 6. The molecule has 0 heterocycles. The van der Waals surface area contributed by atoms with E-state index >= 15 is 0 Å². The van der Waals surface area contributed by atoms with Gasteiger partial charge in [0.15, 0.2) is 0 Å². The summed E-state index contributed by atoms with van der Waals surface area (Å²) in [5, 5.41) is 0. The molecular formula is C12H30Cl4IrS3-4. The second-order valence-electron chi connectivity index (χ2n) is 2.34. The van der Waals surface area contributed by atoms with Crippen LogP contribution in [0, 0.1) is 0 Å². The van der Waals surface area contributed by atoms with Crippen LogP contribution in [0.5, 0.6) is 0 Å². The fourth-order valence-corrected chi connectivity index (χ4v) is 1.84. The zero-order chi connectivity index (χ0) is 12.4. The third kappa shape index (κ3) is 105. The van der Waals surface area contributed by atoms with E-state index in [2.05, 4.69) is 41.5 Å². The molecule has 20 heavy (non-hydrogen) atoms. The molecular weight excluding hydrogens is 574 g/mol. The predicted octanol–water partition coefficient (Wildman–Crippen LogP) is -6.71. The molecule has 0 aromatic heterocycles. The van der Waals surface area contributed by atoms with E-state index in [-0.39, 0.29) is 69.7 Å². The summed E-state index contributed by atoms with van der Waals surface area (Å²) >= 11 is 5.89. The first-order chi connectivity index (χ1) is 7.24. The van der Waals surface area contributed by atoms with Crippen molar-refractivity contribution in [1.82, 2.24) is 0 Å². The minimum absolute atomic E-state index is 0. The first-order valence-electron chi connectivity index (χ1n) is 5.97. The van der Waals surface area contributed by atoms with Gasteiger partial charge in [0.2, 0.25) is 0 Å². The van der Waals surface area contributed by atoms with Gasteiger partial charge in [0.05, 0.1) is 0 Å². The molecule has 0 N–H and O–H groups in total. The van der Waals surface area contributed by atoms with Gasteiger partial charge in [-0.3, -0.25) is 0 Å². The van der Waals surface area contributed by atoms with E-state index in [1.54, 1.807) is 0 Å². The molecule has 1 radical (unpaired) electrons. The smallest absolute Gasteiger partial charge is 0 e. The maximum Gasteiger partial charge on any atom is 0 e. The maximum absolute atomic E-state index is 2.17. The second kappa shape index (κ2) is 67.6. The molecule has 0 saturated carbocycles. The number of thioether (sulfide) groups is 3. The SMILES string of the molecule is CCSCC.CCSCC.CCSCC.[Cl-].[Cl-].[Cl-].[Cl-].[Ir]. The molecule has 0 bridgehead atoms. The van der Waals surface area contributed by atoms with Gasteiger partial charge in [-0.1, -0.05) is 41.5 Å². The molecule has 0 amide bonds. The molecule has 0 unspecified atom stereocenters. The maximum atomic E-state index is 2.17. The fraction of sp³-hybridized carbons (Fsp3) is 1.00. The molecule has 0 spiro atoms. The van der Waals surface area contributed by atoms with E-state index < -0.39 is 0 Å². The first-order valence-corrected chi connectivity index (χ1v) is 9.44. The molecule has 0 fully saturated rings. The van der Waals surface area contributed by atoms with Gasteiger partial charge in [-0.15, -0.1) is 0 Å². The topological polar surface area (TPSA) is 0 Å².